The Morgan fingerprint density at radius 1 is 1.50 bits per heavy atom. The van der Waals surface area contributed by atoms with E-state index in [0.29, 0.717) is 18.6 Å². The first kappa shape index (κ1) is 11.9. The van der Waals surface area contributed by atoms with Gasteiger partial charge in [0.1, 0.15) is 6.67 Å². The summed E-state index contributed by atoms with van der Waals surface area (Å²) in [5.74, 6) is 0. The van der Waals surface area contributed by atoms with Gasteiger partial charge < -0.3 is 5.32 Å². The molecule has 1 aliphatic rings. The van der Waals surface area contributed by atoms with Gasteiger partial charge in [0.05, 0.1) is 0 Å². The molecule has 0 aromatic rings. The monoisotopic (exact) mass is 202 g/mol. The fourth-order valence-electron chi connectivity index (χ4n) is 2.43. The van der Waals surface area contributed by atoms with Crippen molar-refractivity contribution in [3.05, 3.63) is 0 Å². The van der Waals surface area contributed by atoms with Crippen LogP contribution in [0, 0.1) is 0 Å². The van der Waals surface area contributed by atoms with E-state index < -0.39 is 0 Å². The number of piperidine rings is 1. The summed E-state index contributed by atoms with van der Waals surface area (Å²) in [6.07, 6.45) is 3.74. The highest BCUT2D eigenvalue weighted by Crippen LogP contribution is 2.19. The van der Waals surface area contributed by atoms with Crippen molar-refractivity contribution < 1.29 is 4.39 Å². The van der Waals surface area contributed by atoms with Gasteiger partial charge in [-0.15, -0.1) is 0 Å². The number of likely N-dealkylation sites (tertiary alicyclic amines) is 1. The summed E-state index contributed by atoms with van der Waals surface area (Å²) >= 11 is 0. The van der Waals surface area contributed by atoms with Gasteiger partial charge in [-0.1, -0.05) is 13.3 Å². The molecule has 14 heavy (non-hydrogen) atoms. The number of likely N-dealkylation sites (N-methyl/N-ethyl adjacent to an activating group) is 1. The molecule has 2 atom stereocenters. The van der Waals surface area contributed by atoms with Crippen molar-refractivity contribution in [1.82, 2.24) is 10.2 Å². The number of nitrogens with zero attached hydrogens (tertiary/aromatic N) is 1. The Balaban J connectivity index is 2.44. The van der Waals surface area contributed by atoms with E-state index in [9.17, 15) is 4.39 Å². The van der Waals surface area contributed by atoms with Crippen LogP contribution in [0.4, 0.5) is 4.39 Å². The van der Waals surface area contributed by atoms with Crippen molar-refractivity contribution in [3.63, 3.8) is 0 Å². The lowest BCUT2D eigenvalue weighted by Crippen LogP contribution is -2.51. The van der Waals surface area contributed by atoms with Gasteiger partial charge >= 0.3 is 0 Å². The molecule has 0 bridgehead atoms. The van der Waals surface area contributed by atoms with Crippen molar-refractivity contribution in [2.75, 3.05) is 26.3 Å². The van der Waals surface area contributed by atoms with E-state index in [2.05, 4.69) is 24.1 Å². The lowest BCUT2D eigenvalue weighted by Gasteiger charge is -2.39. The number of alkyl halides is 1. The minimum Gasteiger partial charge on any atom is -0.313 e. The normalized spacial score (nSPS) is 26.4. The van der Waals surface area contributed by atoms with Gasteiger partial charge in [0.2, 0.25) is 0 Å². The standard InChI is InChI=1S/C11H23FN2/c1-3-13-10(2)11-6-4-5-8-14(11)9-7-12/h10-11,13H,3-9H2,1-2H3. The Kier molecular flexibility index (Phi) is 5.41. The molecule has 2 unspecified atom stereocenters. The Labute approximate surface area is 86.9 Å². The molecular weight excluding hydrogens is 179 g/mol. The second-order valence-electron chi connectivity index (χ2n) is 4.13. The molecule has 3 heteroatoms. The van der Waals surface area contributed by atoms with E-state index in [0.717, 1.165) is 13.1 Å². The number of hydrogen-bond acceptors (Lipinski definition) is 2. The molecule has 1 fully saturated rings. The summed E-state index contributed by atoms with van der Waals surface area (Å²) in [7, 11) is 0. The minimum absolute atomic E-state index is 0.213. The summed E-state index contributed by atoms with van der Waals surface area (Å²) in [6, 6.07) is 1.03. The number of hydrogen-bond donors (Lipinski definition) is 1. The molecule has 1 heterocycles. The molecular formula is C11H23FN2. The molecule has 1 N–H and O–H groups in total. The lowest BCUT2D eigenvalue weighted by atomic mass is 9.96. The lowest BCUT2D eigenvalue weighted by molar-refractivity contribution is 0.112. The van der Waals surface area contributed by atoms with Gasteiger partial charge in [-0.05, 0) is 32.9 Å². The van der Waals surface area contributed by atoms with Crippen LogP contribution in [0.25, 0.3) is 0 Å². The highest BCUT2D eigenvalue weighted by molar-refractivity contribution is 4.84. The van der Waals surface area contributed by atoms with Gasteiger partial charge in [-0.2, -0.15) is 0 Å². The number of rotatable bonds is 5. The van der Waals surface area contributed by atoms with Gasteiger partial charge in [-0.25, -0.2) is 4.39 Å². The Morgan fingerprint density at radius 2 is 2.29 bits per heavy atom. The third-order valence-corrected chi connectivity index (χ3v) is 3.14. The van der Waals surface area contributed by atoms with Crippen molar-refractivity contribution in [1.29, 1.82) is 0 Å². The first-order valence-corrected chi connectivity index (χ1v) is 5.83. The van der Waals surface area contributed by atoms with Gasteiger partial charge in [-0.3, -0.25) is 4.90 Å². The third kappa shape index (κ3) is 3.21. The number of nitrogens with one attached hydrogen (secondary N) is 1. The number of halogens is 1. The van der Waals surface area contributed by atoms with Gasteiger partial charge in [0, 0.05) is 18.6 Å². The Morgan fingerprint density at radius 3 is 2.93 bits per heavy atom. The molecule has 0 saturated carbocycles. The van der Waals surface area contributed by atoms with Crippen LogP contribution in [0.2, 0.25) is 0 Å². The zero-order valence-corrected chi connectivity index (χ0v) is 9.43. The van der Waals surface area contributed by atoms with Crippen molar-refractivity contribution in [2.24, 2.45) is 0 Å². The predicted octanol–water partition coefficient (Wildman–Crippen LogP) is 1.81. The van der Waals surface area contributed by atoms with Crippen LogP contribution in [0.1, 0.15) is 33.1 Å². The van der Waals surface area contributed by atoms with E-state index in [4.69, 9.17) is 0 Å². The molecule has 0 aliphatic carbocycles. The molecule has 2 nitrogen and oxygen atoms in total. The van der Waals surface area contributed by atoms with Crippen molar-refractivity contribution in [3.8, 4) is 0 Å². The summed E-state index contributed by atoms with van der Waals surface area (Å²) in [5, 5.41) is 3.44. The van der Waals surface area contributed by atoms with E-state index >= 15 is 0 Å². The predicted molar refractivity (Wildman–Crippen MR) is 58.3 cm³/mol. The topological polar surface area (TPSA) is 15.3 Å². The Bertz CT molecular complexity index is 150. The first-order chi connectivity index (χ1) is 6.79. The second kappa shape index (κ2) is 6.36. The maximum atomic E-state index is 12.3. The zero-order chi connectivity index (χ0) is 10.4. The smallest absolute Gasteiger partial charge is 0.102 e. The molecule has 0 aromatic heterocycles. The summed E-state index contributed by atoms with van der Waals surface area (Å²) in [5.41, 5.74) is 0. The third-order valence-electron chi connectivity index (χ3n) is 3.14. The SMILES string of the molecule is CCNC(C)C1CCCCN1CCF. The molecule has 0 aromatic carbocycles. The average molecular weight is 202 g/mol. The summed E-state index contributed by atoms with van der Waals surface area (Å²) in [6.45, 7) is 6.81. The highest BCUT2D eigenvalue weighted by Gasteiger charge is 2.26. The van der Waals surface area contributed by atoms with E-state index in [-0.39, 0.29) is 6.67 Å². The van der Waals surface area contributed by atoms with Crippen LogP contribution in [0.5, 0.6) is 0 Å². The molecule has 0 amide bonds. The van der Waals surface area contributed by atoms with Crippen molar-refractivity contribution >= 4 is 0 Å². The van der Waals surface area contributed by atoms with E-state index in [1.807, 2.05) is 0 Å². The Hall–Kier alpha value is -0.150. The van der Waals surface area contributed by atoms with Crippen molar-refractivity contribution in [2.45, 2.75) is 45.2 Å². The molecule has 0 spiro atoms. The molecule has 84 valence electrons. The first-order valence-electron chi connectivity index (χ1n) is 5.83. The van der Waals surface area contributed by atoms with Gasteiger partial charge in [0.25, 0.3) is 0 Å². The van der Waals surface area contributed by atoms with Crippen LogP contribution in [0.15, 0.2) is 0 Å². The van der Waals surface area contributed by atoms with Crippen LogP contribution < -0.4 is 5.32 Å². The molecule has 1 aliphatic heterocycles. The van der Waals surface area contributed by atoms with Crippen LogP contribution in [-0.4, -0.2) is 43.3 Å². The molecule has 1 rings (SSSR count). The highest BCUT2D eigenvalue weighted by atomic mass is 19.1. The van der Waals surface area contributed by atoms with Gasteiger partial charge in [0.15, 0.2) is 0 Å². The summed E-state index contributed by atoms with van der Waals surface area (Å²) in [4.78, 5) is 2.30. The van der Waals surface area contributed by atoms with E-state index in [1.54, 1.807) is 0 Å². The average Bonchev–Trinajstić information content (AvgIpc) is 2.19. The second-order valence-corrected chi connectivity index (χ2v) is 4.13. The summed E-state index contributed by atoms with van der Waals surface area (Å²) < 4.78 is 12.3. The largest absolute Gasteiger partial charge is 0.313 e. The molecule has 0 radical (unpaired) electrons. The minimum atomic E-state index is -0.213. The maximum absolute atomic E-state index is 12.3. The van der Waals surface area contributed by atoms with E-state index in [1.165, 1.54) is 19.3 Å². The van der Waals surface area contributed by atoms with Crippen LogP contribution in [-0.2, 0) is 0 Å². The van der Waals surface area contributed by atoms with Crippen LogP contribution >= 0.6 is 0 Å². The maximum Gasteiger partial charge on any atom is 0.102 e. The molecule has 1 saturated heterocycles. The fraction of sp³-hybridized carbons (Fsp3) is 1.00. The quantitative estimate of drug-likeness (QED) is 0.731. The zero-order valence-electron chi connectivity index (χ0n) is 9.43. The fourth-order valence-corrected chi connectivity index (χ4v) is 2.43. The van der Waals surface area contributed by atoms with Crippen LogP contribution in [0.3, 0.4) is 0 Å².